The maximum absolute atomic E-state index is 12.8. The zero-order valence-corrected chi connectivity index (χ0v) is 15.8. The number of hydrogen-bond donors (Lipinski definition) is 0. The Kier molecular flexibility index (Phi) is 6.34. The monoisotopic (exact) mass is 355 g/mol. The van der Waals surface area contributed by atoms with Crippen LogP contribution in [-0.4, -0.2) is 35.0 Å². The normalized spacial score (nSPS) is 17.8. The maximum atomic E-state index is 12.8. The standard InChI is InChI=1S/C21H29N3O2/c1-3-26-21(25)24(22-17-9-10-18(22)2)23-16-8-7-13-20(23)15-14-19-11-5-4-6-12-19/h4-6,9-12,17,20H,3,7-8,13-16H2,1-2H3. The Bertz CT molecular complexity index is 698. The number of ether oxygens (including phenoxy) is 1. The zero-order chi connectivity index (χ0) is 18.4. The molecule has 0 bridgehead atoms. The van der Waals surface area contributed by atoms with Gasteiger partial charge in [0.1, 0.15) is 0 Å². The molecule has 140 valence electrons. The molecule has 1 aromatic carbocycles. The van der Waals surface area contributed by atoms with Gasteiger partial charge in [0.2, 0.25) is 0 Å². The van der Waals surface area contributed by atoms with Gasteiger partial charge in [-0.05, 0) is 57.2 Å². The Morgan fingerprint density at radius 1 is 1.19 bits per heavy atom. The summed E-state index contributed by atoms with van der Waals surface area (Å²) in [6.07, 6.45) is 7.07. The van der Waals surface area contributed by atoms with Gasteiger partial charge in [0.15, 0.2) is 0 Å². The molecule has 1 saturated heterocycles. The van der Waals surface area contributed by atoms with Crippen LogP contribution in [0.15, 0.2) is 48.7 Å². The van der Waals surface area contributed by atoms with Crippen LogP contribution < -0.4 is 5.12 Å². The first-order chi connectivity index (χ1) is 12.7. The predicted octanol–water partition coefficient (Wildman–Crippen LogP) is 4.29. The van der Waals surface area contributed by atoms with E-state index in [1.165, 1.54) is 12.0 Å². The molecule has 5 heteroatoms. The number of hydrogen-bond acceptors (Lipinski definition) is 3. The van der Waals surface area contributed by atoms with E-state index in [1.807, 2.05) is 42.9 Å². The Morgan fingerprint density at radius 2 is 2.00 bits per heavy atom. The fraction of sp³-hybridized carbons (Fsp3) is 0.476. The third-order valence-corrected chi connectivity index (χ3v) is 5.01. The van der Waals surface area contributed by atoms with Crippen LogP contribution in [0.2, 0.25) is 0 Å². The summed E-state index contributed by atoms with van der Waals surface area (Å²) in [4.78, 5) is 12.8. The molecule has 0 saturated carbocycles. The lowest BCUT2D eigenvalue weighted by Gasteiger charge is -2.42. The van der Waals surface area contributed by atoms with Crippen LogP contribution in [0.25, 0.3) is 0 Å². The molecule has 1 atom stereocenters. The van der Waals surface area contributed by atoms with Gasteiger partial charge in [0, 0.05) is 24.5 Å². The van der Waals surface area contributed by atoms with Gasteiger partial charge in [0.05, 0.1) is 6.61 Å². The molecule has 1 aromatic heterocycles. The average Bonchev–Trinajstić information content (AvgIpc) is 3.08. The molecule has 0 spiro atoms. The lowest BCUT2D eigenvalue weighted by molar-refractivity contribution is 0.0673. The van der Waals surface area contributed by atoms with Gasteiger partial charge in [-0.3, -0.25) is 0 Å². The summed E-state index contributed by atoms with van der Waals surface area (Å²) in [5.41, 5.74) is 2.36. The largest absolute Gasteiger partial charge is 0.447 e. The lowest BCUT2D eigenvalue weighted by atomic mass is 9.97. The second-order valence-corrected chi connectivity index (χ2v) is 6.82. The lowest BCUT2D eigenvalue weighted by Crippen LogP contribution is -2.59. The van der Waals surface area contributed by atoms with E-state index in [2.05, 4.69) is 29.3 Å². The first-order valence-electron chi connectivity index (χ1n) is 9.62. The molecule has 0 aliphatic carbocycles. The molecule has 0 N–H and O–H groups in total. The highest BCUT2D eigenvalue weighted by Crippen LogP contribution is 2.24. The van der Waals surface area contributed by atoms with E-state index < -0.39 is 0 Å². The van der Waals surface area contributed by atoms with E-state index in [0.29, 0.717) is 12.6 Å². The van der Waals surface area contributed by atoms with Crippen molar-refractivity contribution in [2.75, 3.05) is 18.3 Å². The summed E-state index contributed by atoms with van der Waals surface area (Å²) in [5.74, 6) is 0. The number of hydrazine groups is 1. The minimum Gasteiger partial charge on any atom is -0.447 e. The van der Waals surface area contributed by atoms with Crippen molar-refractivity contribution >= 4 is 6.09 Å². The second kappa shape index (κ2) is 8.90. The SMILES string of the molecule is CCOC(=O)N(N1CCCCC1CCc1ccccc1)n1cccc1C. The minimum atomic E-state index is -0.307. The smallest absolute Gasteiger partial charge is 0.444 e. The molecule has 3 rings (SSSR count). The number of carbonyl (C=O) groups excluding carboxylic acids is 1. The van der Waals surface area contributed by atoms with Crippen molar-refractivity contribution < 1.29 is 9.53 Å². The Morgan fingerprint density at radius 3 is 2.69 bits per heavy atom. The summed E-state index contributed by atoms with van der Waals surface area (Å²) in [6.45, 7) is 5.10. The highest BCUT2D eigenvalue weighted by Gasteiger charge is 2.33. The molecule has 1 aliphatic heterocycles. The van der Waals surface area contributed by atoms with Crippen molar-refractivity contribution in [2.45, 2.75) is 52.0 Å². The van der Waals surface area contributed by atoms with E-state index in [1.54, 1.807) is 5.12 Å². The van der Waals surface area contributed by atoms with Crippen molar-refractivity contribution in [1.29, 1.82) is 0 Å². The third-order valence-electron chi connectivity index (χ3n) is 5.01. The van der Waals surface area contributed by atoms with Crippen LogP contribution in [-0.2, 0) is 11.2 Å². The molecular formula is C21H29N3O2. The van der Waals surface area contributed by atoms with Crippen LogP contribution in [0.1, 0.15) is 43.9 Å². The van der Waals surface area contributed by atoms with E-state index >= 15 is 0 Å². The molecule has 26 heavy (non-hydrogen) atoms. The summed E-state index contributed by atoms with van der Waals surface area (Å²) in [7, 11) is 0. The van der Waals surface area contributed by atoms with Gasteiger partial charge in [0.25, 0.3) is 0 Å². The Labute approximate surface area is 156 Å². The van der Waals surface area contributed by atoms with Crippen LogP contribution in [0.5, 0.6) is 0 Å². The summed E-state index contributed by atoms with van der Waals surface area (Å²) in [6, 6.07) is 14.9. The topological polar surface area (TPSA) is 37.7 Å². The molecule has 1 fully saturated rings. The van der Waals surface area contributed by atoms with E-state index in [-0.39, 0.29) is 6.09 Å². The van der Waals surface area contributed by atoms with Gasteiger partial charge >= 0.3 is 6.09 Å². The van der Waals surface area contributed by atoms with E-state index in [9.17, 15) is 4.79 Å². The zero-order valence-electron chi connectivity index (χ0n) is 15.8. The summed E-state index contributed by atoms with van der Waals surface area (Å²) in [5, 5.41) is 3.91. The van der Waals surface area contributed by atoms with Crippen LogP contribution in [0, 0.1) is 6.92 Å². The first kappa shape index (κ1) is 18.5. The van der Waals surface area contributed by atoms with Gasteiger partial charge in [-0.1, -0.05) is 36.8 Å². The second-order valence-electron chi connectivity index (χ2n) is 6.82. The molecular weight excluding hydrogens is 326 g/mol. The number of aromatic nitrogens is 1. The van der Waals surface area contributed by atoms with Gasteiger partial charge in [-0.25, -0.2) is 9.47 Å². The number of carbonyl (C=O) groups is 1. The predicted molar refractivity (Wildman–Crippen MR) is 104 cm³/mol. The van der Waals surface area contributed by atoms with Crippen molar-refractivity contribution in [1.82, 2.24) is 9.69 Å². The number of amides is 1. The number of benzene rings is 1. The number of piperidine rings is 1. The van der Waals surface area contributed by atoms with Crippen LogP contribution >= 0.6 is 0 Å². The van der Waals surface area contributed by atoms with E-state index in [4.69, 9.17) is 4.74 Å². The minimum absolute atomic E-state index is 0.307. The molecule has 5 nitrogen and oxygen atoms in total. The molecule has 1 amide bonds. The van der Waals surface area contributed by atoms with Crippen molar-refractivity contribution in [2.24, 2.45) is 0 Å². The van der Waals surface area contributed by atoms with Crippen molar-refractivity contribution in [3.63, 3.8) is 0 Å². The number of rotatable bonds is 6. The fourth-order valence-electron chi connectivity index (χ4n) is 3.67. The highest BCUT2D eigenvalue weighted by molar-refractivity contribution is 5.77. The van der Waals surface area contributed by atoms with Gasteiger partial charge < -0.3 is 4.74 Å². The first-order valence-corrected chi connectivity index (χ1v) is 9.62. The highest BCUT2D eigenvalue weighted by atomic mass is 16.6. The van der Waals surface area contributed by atoms with Gasteiger partial charge in [-0.15, -0.1) is 5.12 Å². The number of aryl methyl sites for hydroxylation is 2. The average molecular weight is 355 g/mol. The van der Waals surface area contributed by atoms with Crippen LogP contribution in [0.3, 0.4) is 0 Å². The van der Waals surface area contributed by atoms with Crippen molar-refractivity contribution in [3.8, 4) is 0 Å². The molecule has 1 unspecified atom stereocenters. The molecule has 0 radical (unpaired) electrons. The third kappa shape index (κ3) is 4.28. The van der Waals surface area contributed by atoms with E-state index in [0.717, 1.165) is 37.9 Å². The Hall–Kier alpha value is -2.27. The summed E-state index contributed by atoms with van der Waals surface area (Å²) >= 11 is 0. The maximum Gasteiger partial charge on any atom is 0.444 e. The molecule has 1 aliphatic rings. The molecule has 2 heterocycles. The fourth-order valence-corrected chi connectivity index (χ4v) is 3.67. The molecule has 2 aromatic rings. The van der Waals surface area contributed by atoms with Crippen molar-refractivity contribution in [3.05, 3.63) is 59.9 Å². The van der Waals surface area contributed by atoms with Crippen LogP contribution in [0.4, 0.5) is 4.79 Å². The van der Waals surface area contributed by atoms with Gasteiger partial charge in [-0.2, -0.15) is 5.01 Å². The summed E-state index contributed by atoms with van der Waals surface area (Å²) < 4.78 is 7.27. The quantitative estimate of drug-likeness (QED) is 0.776. The Balaban J connectivity index is 1.80. The number of nitrogens with zero attached hydrogens (tertiary/aromatic N) is 3.